The second-order valence-electron chi connectivity index (χ2n) is 5.56. The molecule has 0 aliphatic heterocycles. The summed E-state index contributed by atoms with van der Waals surface area (Å²) in [6.07, 6.45) is 4.80. The lowest BCUT2D eigenvalue weighted by molar-refractivity contribution is 0.314. The van der Waals surface area contributed by atoms with Gasteiger partial charge in [-0.2, -0.15) is 0 Å². The van der Waals surface area contributed by atoms with Crippen molar-refractivity contribution < 1.29 is 4.39 Å². The van der Waals surface area contributed by atoms with Crippen LogP contribution in [-0.2, 0) is 6.54 Å². The van der Waals surface area contributed by atoms with Gasteiger partial charge in [0, 0.05) is 10.9 Å². The molecule has 1 aliphatic carbocycles. The first kappa shape index (κ1) is 15.4. The number of halogens is 1. The Hall–Kier alpha value is -1.46. The number of thiocarbonyl (C=S) groups is 1. The Balaban J connectivity index is 1.75. The number of hydrogen-bond acceptors (Lipinski definition) is 2. The maximum Gasteiger partial charge on any atom is 0.174 e. The van der Waals surface area contributed by atoms with Crippen molar-refractivity contribution in [3.8, 4) is 0 Å². The molecule has 0 atom stereocenters. The molecule has 1 heterocycles. The lowest BCUT2D eigenvalue weighted by atomic mass is 10.2. The van der Waals surface area contributed by atoms with Crippen LogP contribution < -0.4 is 5.32 Å². The van der Waals surface area contributed by atoms with Gasteiger partial charge in [-0.15, -0.1) is 11.3 Å². The molecule has 1 fully saturated rings. The third-order valence-corrected chi connectivity index (χ3v) is 5.25. The molecule has 1 N–H and O–H groups in total. The molecule has 0 radical (unpaired) electrons. The van der Waals surface area contributed by atoms with Crippen LogP contribution in [0.1, 0.15) is 30.6 Å². The first-order valence-electron chi connectivity index (χ1n) is 7.58. The molecular formula is C17H19FN2S2. The molecule has 1 aliphatic rings. The van der Waals surface area contributed by atoms with Crippen LogP contribution in [0.5, 0.6) is 0 Å². The van der Waals surface area contributed by atoms with Crippen LogP contribution in [0.4, 0.5) is 10.1 Å². The van der Waals surface area contributed by atoms with E-state index in [1.165, 1.54) is 23.8 Å². The van der Waals surface area contributed by atoms with Gasteiger partial charge in [0.1, 0.15) is 5.82 Å². The summed E-state index contributed by atoms with van der Waals surface area (Å²) in [7, 11) is 0. The molecule has 22 heavy (non-hydrogen) atoms. The highest BCUT2D eigenvalue weighted by Gasteiger charge is 2.25. The fraction of sp³-hybridized carbons (Fsp3) is 0.353. The van der Waals surface area contributed by atoms with E-state index in [-0.39, 0.29) is 5.82 Å². The lowest BCUT2D eigenvalue weighted by Crippen LogP contribution is -2.40. The molecule has 0 amide bonds. The summed E-state index contributed by atoms with van der Waals surface area (Å²) in [6.45, 7) is 0.794. The van der Waals surface area contributed by atoms with E-state index >= 15 is 0 Å². The quantitative estimate of drug-likeness (QED) is 0.790. The molecule has 1 aromatic carbocycles. The number of para-hydroxylation sites is 1. The average molecular weight is 334 g/mol. The molecule has 0 unspecified atom stereocenters. The Morgan fingerprint density at radius 1 is 1.23 bits per heavy atom. The molecule has 1 aromatic heterocycles. The second kappa shape index (κ2) is 7.20. The molecule has 5 heteroatoms. The summed E-state index contributed by atoms with van der Waals surface area (Å²) in [5.41, 5.74) is 0.446. The van der Waals surface area contributed by atoms with Crippen molar-refractivity contribution in [2.45, 2.75) is 38.3 Å². The minimum atomic E-state index is -0.271. The third-order valence-electron chi connectivity index (χ3n) is 4.05. The minimum Gasteiger partial charge on any atom is -0.341 e. The van der Waals surface area contributed by atoms with Gasteiger partial charge in [-0.3, -0.25) is 0 Å². The van der Waals surface area contributed by atoms with Crippen LogP contribution in [0.3, 0.4) is 0 Å². The maximum atomic E-state index is 13.8. The predicted molar refractivity (Wildman–Crippen MR) is 94.7 cm³/mol. The van der Waals surface area contributed by atoms with E-state index in [1.807, 2.05) is 6.07 Å². The summed E-state index contributed by atoms with van der Waals surface area (Å²) in [6, 6.07) is 11.3. The minimum absolute atomic E-state index is 0.271. The van der Waals surface area contributed by atoms with Crippen molar-refractivity contribution in [3.63, 3.8) is 0 Å². The zero-order chi connectivity index (χ0) is 15.4. The van der Waals surface area contributed by atoms with Gasteiger partial charge in [-0.05, 0) is 48.6 Å². The fourth-order valence-electron chi connectivity index (χ4n) is 2.90. The van der Waals surface area contributed by atoms with E-state index in [0.717, 1.165) is 19.4 Å². The van der Waals surface area contributed by atoms with Gasteiger partial charge in [0.25, 0.3) is 0 Å². The van der Waals surface area contributed by atoms with Crippen LogP contribution >= 0.6 is 23.6 Å². The molecule has 116 valence electrons. The first-order valence-corrected chi connectivity index (χ1v) is 8.87. The van der Waals surface area contributed by atoms with Crippen LogP contribution in [0.25, 0.3) is 0 Å². The fourth-order valence-corrected chi connectivity index (χ4v) is 3.93. The highest BCUT2D eigenvalue weighted by Crippen LogP contribution is 2.27. The SMILES string of the molecule is Fc1ccccc1NC(=S)N(Cc1cccs1)C1CCCC1. The van der Waals surface area contributed by atoms with Crippen LogP contribution in [-0.4, -0.2) is 16.1 Å². The van der Waals surface area contributed by atoms with E-state index in [1.54, 1.807) is 23.5 Å². The summed E-state index contributed by atoms with van der Waals surface area (Å²) >= 11 is 7.31. The zero-order valence-electron chi connectivity index (χ0n) is 12.3. The van der Waals surface area contributed by atoms with Gasteiger partial charge in [-0.25, -0.2) is 4.39 Å². The van der Waals surface area contributed by atoms with Crippen molar-refractivity contribution in [2.75, 3.05) is 5.32 Å². The zero-order valence-corrected chi connectivity index (χ0v) is 13.9. The summed E-state index contributed by atoms with van der Waals surface area (Å²) in [5.74, 6) is -0.271. The molecule has 2 aromatic rings. The van der Waals surface area contributed by atoms with Crippen molar-refractivity contribution >= 4 is 34.4 Å². The molecule has 3 rings (SSSR count). The van der Waals surface area contributed by atoms with Crippen LogP contribution in [0.15, 0.2) is 41.8 Å². The number of rotatable bonds is 4. The lowest BCUT2D eigenvalue weighted by Gasteiger charge is -2.31. The second-order valence-corrected chi connectivity index (χ2v) is 6.97. The Labute approximate surface area is 140 Å². The van der Waals surface area contributed by atoms with Crippen LogP contribution in [0.2, 0.25) is 0 Å². The van der Waals surface area contributed by atoms with Crippen molar-refractivity contribution in [1.29, 1.82) is 0 Å². The number of nitrogens with zero attached hydrogens (tertiary/aromatic N) is 1. The smallest absolute Gasteiger partial charge is 0.174 e. The van der Waals surface area contributed by atoms with Gasteiger partial charge in [0.15, 0.2) is 5.11 Å². The Bertz CT molecular complexity index is 621. The predicted octanol–water partition coefficient (Wildman–Crippen LogP) is 5.03. The highest BCUT2D eigenvalue weighted by molar-refractivity contribution is 7.80. The normalized spacial score (nSPS) is 15.0. The molecule has 1 saturated carbocycles. The van der Waals surface area contributed by atoms with Crippen LogP contribution in [0, 0.1) is 5.82 Å². The topological polar surface area (TPSA) is 15.3 Å². The molecular weight excluding hydrogens is 315 g/mol. The van der Waals surface area contributed by atoms with E-state index < -0.39 is 0 Å². The van der Waals surface area contributed by atoms with E-state index in [2.05, 4.69) is 27.7 Å². The standard InChI is InChI=1S/C17H19FN2S2/c18-15-9-3-4-10-16(15)19-17(21)20(13-6-1-2-7-13)12-14-8-5-11-22-14/h3-5,8-11,13H,1-2,6-7,12H2,(H,19,21). The van der Waals surface area contributed by atoms with E-state index in [4.69, 9.17) is 12.2 Å². The number of anilines is 1. The van der Waals surface area contributed by atoms with E-state index in [0.29, 0.717) is 16.8 Å². The largest absolute Gasteiger partial charge is 0.341 e. The summed E-state index contributed by atoms with van der Waals surface area (Å²) < 4.78 is 13.8. The van der Waals surface area contributed by atoms with Crippen molar-refractivity contribution in [2.24, 2.45) is 0 Å². The Kier molecular flexibility index (Phi) is 5.05. The van der Waals surface area contributed by atoms with E-state index in [9.17, 15) is 4.39 Å². The monoisotopic (exact) mass is 334 g/mol. The summed E-state index contributed by atoms with van der Waals surface area (Å²) in [4.78, 5) is 3.50. The van der Waals surface area contributed by atoms with Gasteiger partial charge in [0.2, 0.25) is 0 Å². The Morgan fingerprint density at radius 2 is 2.00 bits per heavy atom. The van der Waals surface area contributed by atoms with Gasteiger partial charge < -0.3 is 10.2 Å². The van der Waals surface area contributed by atoms with Crippen molar-refractivity contribution in [3.05, 3.63) is 52.5 Å². The number of benzene rings is 1. The maximum absolute atomic E-state index is 13.8. The van der Waals surface area contributed by atoms with Gasteiger partial charge >= 0.3 is 0 Å². The molecule has 0 bridgehead atoms. The average Bonchev–Trinajstić information content (AvgIpc) is 3.20. The number of nitrogens with one attached hydrogen (secondary N) is 1. The van der Waals surface area contributed by atoms with Gasteiger partial charge in [0.05, 0.1) is 12.2 Å². The first-order chi connectivity index (χ1) is 10.7. The molecule has 0 spiro atoms. The number of hydrogen-bond donors (Lipinski definition) is 1. The highest BCUT2D eigenvalue weighted by atomic mass is 32.1. The molecule has 0 saturated heterocycles. The number of thiophene rings is 1. The molecule has 2 nitrogen and oxygen atoms in total. The van der Waals surface area contributed by atoms with Crippen molar-refractivity contribution in [1.82, 2.24) is 4.90 Å². The summed E-state index contributed by atoms with van der Waals surface area (Å²) in [5, 5.41) is 5.78. The Morgan fingerprint density at radius 3 is 2.68 bits per heavy atom. The third kappa shape index (κ3) is 3.65. The van der Waals surface area contributed by atoms with Gasteiger partial charge in [-0.1, -0.05) is 31.0 Å².